The van der Waals surface area contributed by atoms with Gasteiger partial charge in [0, 0.05) is 6.54 Å². The van der Waals surface area contributed by atoms with E-state index in [1.807, 2.05) is 13.0 Å². The zero-order chi connectivity index (χ0) is 20.4. The van der Waals surface area contributed by atoms with Gasteiger partial charge in [0.25, 0.3) is 5.91 Å². The first-order chi connectivity index (χ1) is 13.3. The molecule has 0 spiro atoms. The molecule has 28 heavy (non-hydrogen) atoms. The Kier molecular flexibility index (Phi) is 5.51. The van der Waals surface area contributed by atoms with Crippen LogP contribution in [0.4, 0.5) is 9.18 Å². The Morgan fingerprint density at radius 2 is 1.68 bits per heavy atom. The minimum atomic E-state index is -3.63. The van der Waals surface area contributed by atoms with Gasteiger partial charge in [-0.2, -0.15) is 0 Å². The van der Waals surface area contributed by atoms with Crippen molar-refractivity contribution in [3.05, 3.63) is 66.0 Å². The second-order valence-electron chi connectivity index (χ2n) is 6.64. The number of nitrogens with zero attached hydrogens (tertiary/aromatic N) is 1. The lowest BCUT2D eigenvalue weighted by molar-refractivity contribution is -0.131. The van der Waals surface area contributed by atoms with Gasteiger partial charge in [-0.25, -0.2) is 17.6 Å². The maximum atomic E-state index is 13.0. The standard InChI is InChI=1S/C20H21FN2O4S/c1-2-20(15-7-4-3-5-8-15)18(24)23(19(25)22-20)13-6-14-28(26,27)17-11-9-16(21)10-12-17/h3-5,7-12H,2,6,13-14H2,1H3,(H,22,25). The molecule has 0 radical (unpaired) electrons. The molecule has 3 rings (SSSR count). The summed E-state index contributed by atoms with van der Waals surface area (Å²) in [6, 6.07) is 13.0. The highest BCUT2D eigenvalue weighted by Crippen LogP contribution is 2.32. The number of urea groups is 1. The van der Waals surface area contributed by atoms with Gasteiger partial charge in [0.15, 0.2) is 9.84 Å². The van der Waals surface area contributed by atoms with Crippen molar-refractivity contribution in [2.45, 2.75) is 30.2 Å². The SMILES string of the molecule is CCC1(c2ccccc2)NC(=O)N(CCCS(=O)(=O)c2ccc(F)cc2)C1=O. The van der Waals surface area contributed by atoms with Crippen molar-refractivity contribution >= 4 is 21.8 Å². The summed E-state index contributed by atoms with van der Waals surface area (Å²) in [6.07, 6.45) is 0.472. The van der Waals surface area contributed by atoms with Gasteiger partial charge in [0.05, 0.1) is 10.6 Å². The van der Waals surface area contributed by atoms with E-state index in [0.717, 1.165) is 17.0 Å². The Morgan fingerprint density at radius 1 is 1.04 bits per heavy atom. The summed E-state index contributed by atoms with van der Waals surface area (Å²) in [5.41, 5.74) is -0.439. The van der Waals surface area contributed by atoms with Gasteiger partial charge in [0.2, 0.25) is 0 Å². The number of halogens is 1. The van der Waals surface area contributed by atoms with Gasteiger partial charge in [-0.3, -0.25) is 9.69 Å². The Bertz CT molecular complexity index is 977. The molecule has 1 aliphatic heterocycles. The maximum absolute atomic E-state index is 13.0. The summed E-state index contributed by atoms with van der Waals surface area (Å²) in [5.74, 6) is -1.15. The fraction of sp³-hybridized carbons (Fsp3) is 0.300. The molecular weight excluding hydrogens is 383 g/mol. The van der Waals surface area contributed by atoms with E-state index in [0.29, 0.717) is 12.0 Å². The number of sulfone groups is 1. The van der Waals surface area contributed by atoms with Gasteiger partial charge < -0.3 is 5.32 Å². The van der Waals surface area contributed by atoms with E-state index in [2.05, 4.69) is 5.32 Å². The topological polar surface area (TPSA) is 83.6 Å². The highest BCUT2D eigenvalue weighted by molar-refractivity contribution is 7.91. The third-order valence-corrected chi connectivity index (χ3v) is 6.76. The van der Waals surface area contributed by atoms with Crippen LogP contribution in [0.3, 0.4) is 0 Å². The zero-order valence-electron chi connectivity index (χ0n) is 15.4. The van der Waals surface area contributed by atoms with Crippen molar-refractivity contribution < 1.29 is 22.4 Å². The van der Waals surface area contributed by atoms with Crippen LogP contribution in [-0.2, 0) is 20.2 Å². The number of carbonyl (C=O) groups is 2. The Morgan fingerprint density at radius 3 is 2.29 bits per heavy atom. The fourth-order valence-corrected chi connectivity index (χ4v) is 4.66. The average Bonchev–Trinajstić information content (AvgIpc) is 2.94. The number of amides is 3. The molecule has 2 aromatic carbocycles. The number of carbonyl (C=O) groups excluding carboxylic acids is 2. The fourth-order valence-electron chi connectivity index (χ4n) is 3.36. The van der Waals surface area contributed by atoms with Crippen LogP contribution in [0.5, 0.6) is 0 Å². The molecule has 2 aromatic rings. The molecule has 0 bridgehead atoms. The first-order valence-corrected chi connectivity index (χ1v) is 10.6. The van der Waals surface area contributed by atoms with E-state index in [4.69, 9.17) is 0 Å². The van der Waals surface area contributed by atoms with Crippen LogP contribution in [0.15, 0.2) is 59.5 Å². The number of nitrogens with one attached hydrogen (secondary N) is 1. The summed E-state index contributed by atoms with van der Waals surface area (Å²) in [5, 5.41) is 2.77. The minimum absolute atomic E-state index is 0.0123. The maximum Gasteiger partial charge on any atom is 0.325 e. The average molecular weight is 404 g/mol. The van der Waals surface area contributed by atoms with Gasteiger partial charge in [-0.15, -0.1) is 0 Å². The zero-order valence-corrected chi connectivity index (χ0v) is 16.2. The quantitative estimate of drug-likeness (QED) is 0.568. The first-order valence-electron chi connectivity index (χ1n) is 8.98. The molecule has 1 saturated heterocycles. The van der Waals surface area contributed by atoms with Crippen molar-refractivity contribution in [1.82, 2.24) is 10.2 Å². The van der Waals surface area contributed by atoms with Crippen molar-refractivity contribution in [2.24, 2.45) is 0 Å². The molecule has 1 fully saturated rings. The van der Waals surface area contributed by atoms with Gasteiger partial charge in [0.1, 0.15) is 11.4 Å². The van der Waals surface area contributed by atoms with E-state index in [-0.39, 0.29) is 29.5 Å². The third-order valence-electron chi connectivity index (χ3n) is 4.94. The normalized spacial score (nSPS) is 19.7. The Balaban J connectivity index is 1.70. The van der Waals surface area contributed by atoms with Crippen LogP contribution < -0.4 is 5.32 Å². The molecular formula is C20H21FN2O4S. The lowest BCUT2D eigenvalue weighted by Crippen LogP contribution is -2.43. The van der Waals surface area contributed by atoms with Gasteiger partial charge in [-0.1, -0.05) is 37.3 Å². The molecule has 0 aromatic heterocycles. The van der Waals surface area contributed by atoms with Crippen molar-refractivity contribution in [3.63, 3.8) is 0 Å². The molecule has 3 amide bonds. The van der Waals surface area contributed by atoms with Gasteiger partial charge in [-0.05, 0) is 42.7 Å². The van der Waals surface area contributed by atoms with E-state index < -0.39 is 27.2 Å². The Hall–Kier alpha value is -2.74. The van der Waals surface area contributed by atoms with Crippen LogP contribution >= 0.6 is 0 Å². The smallest absolute Gasteiger partial charge is 0.319 e. The van der Waals surface area contributed by atoms with Crippen molar-refractivity contribution in [2.75, 3.05) is 12.3 Å². The highest BCUT2D eigenvalue weighted by Gasteiger charge is 2.50. The van der Waals surface area contributed by atoms with Crippen LogP contribution in [0.25, 0.3) is 0 Å². The number of imide groups is 1. The van der Waals surface area contributed by atoms with Gasteiger partial charge >= 0.3 is 6.03 Å². The molecule has 1 atom stereocenters. The molecule has 1 heterocycles. The largest absolute Gasteiger partial charge is 0.325 e. The summed E-state index contributed by atoms with van der Waals surface area (Å²) >= 11 is 0. The second-order valence-corrected chi connectivity index (χ2v) is 8.75. The second kappa shape index (κ2) is 7.71. The summed E-state index contributed by atoms with van der Waals surface area (Å²) in [4.78, 5) is 26.5. The minimum Gasteiger partial charge on any atom is -0.319 e. The van der Waals surface area contributed by atoms with Crippen molar-refractivity contribution in [1.29, 1.82) is 0 Å². The lowest BCUT2D eigenvalue weighted by Gasteiger charge is -2.25. The monoisotopic (exact) mass is 404 g/mol. The molecule has 1 unspecified atom stereocenters. The Labute approximate surface area is 163 Å². The van der Waals surface area contributed by atoms with E-state index in [1.165, 1.54) is 12.1 Å². The molecule has 6 nitrogen and oxygen atoms in total. The number of benzene rings is 2. The molecule has 8 heteroatoms. The highest BCUT2D eigenvalue weighted by atomic mass is 32.2. The first kappa shape index (κ1) is 20.0. The van der Waals surface area contributed by atoms with Crippen LogP contribution in [0.2, 0.25) is 0 Å². The summed E-state index contributed by atoms with van der Waals surface area (Å²) in [7, 11) is -3.63. The third kappa shape index (κ3) is 3.64. The predicted octanol–water partition coefficient (Wildman–Crippen LogP) is 2.85. The van der Waals surface area contributed by atoms with E-state index in [1.54, 1.807) is 24.3 Å². The number of hydrogen-bond donors (Lipinski definition) is 1. The number of rotatable bonds is 7. The van der Waals surface area contributed by atoms with Crippen LogP contribution in [0, 0.1) is 5.82 Å². The van der Waals surface area contributed by atoms with Crippen LogP contribution in [-0.4, -0.2) is 37.6 Å². The summed E-state index contributed by atoms with van der Waals surface area (Å²) < 4.78 is 37.7. The molecule has 1 N–H and O–H groups in total. The van der Waals surface area contributed by atoms with Crippen LogP contribution in [0.1, 0.15) is 25.3 Å². The molecule has 1 aliphatic rings. The molecule has 148 valence electrons. The predicted molar refractivity (Wildman–Crippen MR) is 102 cm³/mol. The molecule has 0 aliphatic carbocycles. The molecule has 0 saturated carbocycles. The van der Waals surface area contributed by atoms with Crippen molar-refractivity contribution in [3.8, 4) is 0 Å². The lowest BCUT2D eigenvalue weighted by atomic mass is 9.87. The van der Waals surface area contributed by atoms with E-state index >= 15 is 0 Å². The number of hydrogen-bond acceptors (Lipinski definition) is 4. The summed E-state index contributed by atoms with van der Waals surface area (Å²) in [6.45, 7) is 1.80. The van der Waals surface area contributed by atoms with E-state index in [9.17, 15) is 22.4 Å².